The van der Waals surface area contributed by atoms with Gasteiger partial charge in [-0.1, -0.05) is 97.3 Å². The third-order valence-electron chi connectivity index (χ3n) is 6.90. The first-order valence-corrected chi connectivity index (χ1v) is 15.5. The summed E-state index contributed by atoms with van der Waals surface area (Å²) in [7, 11) is 1.59. The number of hydrogen-bond acceptors (Lipinski definition) is 5. The van der Waals surface area contributed by atoms with Crippen LogP contribution in [-0.4, -0.2) is 27.5 Å². The third kappa shape index (κ3) is 13.3. The Labute approximate surface area is 273 Å². The zero-order chi connectivity index (χ0) is 34.4. The van der Waals surface area contributed by atoms with Crippen LogP contribution in [0.25, 0.3) is 0 Å². The van der Waals surface area contributed by atoms with E-state index < -0.39 is 5.82 Å². The maximum absolute atomic E-state index is 12.5. The Kier molecular flexibility index (Phi) is 16.3. The number of phenolic OH excluding ortho intramolecular Hbond substituents is 4. The quantitative estimate of drug-likeness (QED) is 0.174. The van der Waals surface area contributed by atoms with Crippen LogP contribution >= 0.6 is 11.6 Å². The number of phenols is 4. The SMILES string of the molecule is CC(C)c1ccc(Cl)cc1O.CC(C)c1ccc(F)cc1O.COc1ccc(C(C)C)c(O)c1.Cc1ccc(C(C)C)c(O)c1. The van der Waals surface area contributed by atoms with Crippen molar-refractivity contribution in [1.29, 1.82) is 0 Å². The minimum atomic E-state index is -0.396. The highest BCUT2D eigenvalue weighted by Gasteiger charge is 2.07. The molecule has 0 aliphatic carbocycles. The fourth-order valence-electron chi connectivity index (χ4n) is 4.29. The summed E-state index contributed by atoms with van der Waals surface area (Å²) in [5.74, 6) is 2.66. The van der Waals surface area contributed by atoms with Crippen molar-refractivity contribution in [2.24, 2.45) is 0 Å². The number of methoxy groups -OCH3 is 1. The molecule has 5 nitrogen and oxygen atoms in total. The van der Waals surface area contributed by atoms with Crippen LogP contribution in [0.1, 0.15) is 107 Å². The standard InChI is InChI=1S/C10H14O2.C10H14O.C9H11ClO.C9H11FO/c1-7(2)9-5-4-8(12-3)6-10(9)11;1-7(2)9-5-4-8(3)6-10(9)11;2*1-6(2)8-4-3-7(10)5-9(8)11/h4-7,11H,1-3H3;4-7,11H,1-3H3;2*3-6,11H,1-2H3. The maximum Gasteiger partial charge on any atom is 0.126 e. The van der Waals surface area contributed by atoms with Gasteiger partial charge in [-0.25, -0.2) is 4.39 Å². The number of halogens is 2. The lowest BCUT2D eigenvalue weighted by Gasteiger charge is -2.08. The van der Waals surface area contributed by atoms with Gasteiger partial charge in [0.2, 0.25) is 0 Å². The first kappa shape index (κ1) is 39.1. The predicted molar refractivity (Wildman–Crippen MR) is 185 cm³/mol. The van der Waals surface area contributed by atoms with Gasteiger partial charge in [-0.2, -0.15) is 0 Å². The molecule has 0 aliphatic rings. The average Bonchev–Trinajstić information content (AvgIpc) is 2.93. The van der Waals surface area contributed by atoms with E-state index in [1.165, 1.54) is 6.07 Å². The molecule has 0 heterocycles. The third-order valence-corrected chi connectivity index (χ3v) is 7.13. The largest absolute Gasteiger partial charge is 0.508 e. The van der Waals surface area contributed by atoms with Crippen LogP contribution in [0.5, 0.6) is 28.7 Å². The summed E-state index contributed by atoms with van der Waals surface area (Å²) in [6, 6.07) is 20.5. The van der Waals surface area contributed by atoms with E-state index in [1.54, 1.807) is 37.4 Å². The Bertz CT molecular complexity index is 1350. The lowest BCUT2D eigenvalue weighted by Crippen LogP contribution is -1.89. The lowest BCUT2D eigenvalue weighted by molar-refractivity contribution is 0.406. The van der Waals surface area contributed by atoms with Gasteiger partial charge in [-0.15, -0.1) is 0 Å². The molecule has 0 atom stereocenters. The number of ether oxygens (including phenoxy) is 1. The molecule has 7 heteroatoms. The van der Waals surface area contributed by atoms with Crippen molar-refractivity contribution >= 4 is 11.6 Å². The first-order chi connectivity index (χ1) is 21.0. The van der Waals surface area contributed by atoms with Crippen molar-refractivity contribution in [1.82, 2.24) is 0 Å². The van der Waals surface area contributed by atoms with E-state index in [-0.39, 0.29) is 17.4 Å². The van der Waals surface area contributed by atoms with E-state index in [2.05, 4.69) is 13.8 Å². The van der Waals surface area contributed by atoms with Crippen molar-refractivity contribution in [3.63, 3.8) is 0 Å². The van der Waals surface area contributed by atoms with Crippen molar-refractivity contribution in [3.05, 3.63) is 111 Å². The van der Waals surface area contributed by atoms with Gasteiger partial charge >= 0.3 is 0 Å². The number of hydrogen-bond donors (Lipinski definition) is 4. The van der Waals surface area contributed by atoms with Crippen molar-refractivity contribution in [2.75, 3.05) is 7.11 Å². The summed E-state index contributed by atoms with van der Waals surface area (Å²) >= 11 is 5.66. The molecule has 4 aromatic rings. The van der Waals surface area contributed by atoms with Gasteiger partial charge in [0.25, 0.3) is 0 Å². The molecule has 0 amide bonds. The Balaban J connectivity index is 0.000000300. The molecule has 45 heavy (non-hydrogen) atoms. The van der Waals surface area contributed by atoms with Crippen LogP contribution in [0.2, 0.25) is 5.02 Å². The van der Waals surface area contributed by atoms with Crippen molar-refractivity contribution in [3.8, 4) is 28.7 Å². The Morgan fingerprint density at radius 2 is 0.911 bits per heavy atom. The molecule has 0 unspecified atom stereocenters. The highest BCUT2D eigenvalue weighted by molar-refractivity contribution is 6.30. The van der Waals surface area contributed by atoms with Crippen LogP contribution < -0.4 is 4.74 Å². The molecule has 0 fully saturated rings. The molecule has 0 saturated heterocycles. The summed E-state index contributed by atoms with van der Waals surface area (Å²) in [5, 5.41) is 38.1. The van der Waals surface area contributed by atoms with Gasteiger partial charge in [0.1, 0.15) is 34.6 Å². The number of rotatable bonds is 5. The Morgan fingerprint density at radius 3 is 1.29 bits per heavy atom. The molecule has 0 radical (unpaired) electrons. The molecular weight excluding hydrogens is 591 g/mol. The Morgan fingerprint density at radius 1 is 0.533 bits per heavy atom. The highest BCUT2D eigenvalue weighted by Crippen LogP contribution is 2.30. The number of aryl methyl sites for hydroxylation is 1. The second-order valence-corrected chi connectivity index (χ2v) is 12.4. The summed E-state index contributed by atoms with van der Waals surface area (Å²) in [6.07, 6.45) is 0. The van der Waals surface area contributed by atoms with E-state index in [0.29, 0.717) is 40.0 Å². The first-order valence-electron chi connectivity index (χ1n) is 15.1. The van der Waals surface area contributed by atoms with Crippen LogP contribution in [0.15, 0.2) is 72.8 Å². The second kappa shape index (κ2) is 18.8. The van der Waals surface area contributed by atoms with Gasteiger partial charge in [0.05, 0.1) is 7.11 Å². The molecule has 246 valence electrons. The molecular formula is C38H50ClFO5. The van der Waals surface area contributed by atoms with Gasteiger partial charge in [0.15, 0.2) is 0 Å². The van der Waals surface area contributed by atoms with Crippen LogP contribution in [0, 0.1) is 12.7 Å². The predicted octanol–water partition coefficient (Wildman–Crippen LogP) is 11.2. The fraction of sp³-hybridized carbons (Fsp3) is 0.368. The number of aromatic hydroxyl groups is 4. The van der Waals surface area contributed by atoms with E-state index >= 15 is 0 Å². The van der Waals surface area contributed by atoms with Gasteiger partial charge in [-0.3, -0.25) is 0 Å². The van der Waals surface area contributed by atoms with Gasteiger partial charge < -0.3 is 25.2 Å². The second-order valence-electron chi connectivity index (χ2n) is 12.0. The topological polar surface area (TPSA) is 90.2 Å². The van der Waals surface area contributed by atoms with Crippen molar-refractivity contribution < 1.29 is 29.6 Å². The number of benzene rings is 4. The zero-order valence-electron chi connectivity index (χ0n) is 28.2. The summed E-state index contributed by atoms with van der Waals surface area (Å²) < 4.78 is 17.4. The molecule has 0 bridgehead atoms. The van der Waals surface area contributed by atoms with Crippen LogP contribution in [0.3, 0.4) is 0 Å². The smallest absolute Gasteiger partial charge is 0.126 e. The Hall–Kier alpha value is -3.90. The van der Waals surface area contributed by atoms with Crippen molar-refractivity contribution in [2.45, 2.75) is 86.0 Å². The minimum absolute atomic E-state index is 0.0417. The zero-order valence-corrected chi connectivity index (χ0v) is 28.9. The van der Waals surface area contributed by atoms with Crippen LogP contribution in [-0.2, 0) is 0 Å². The monoisotopic (exact) mass is 640 g/mol. The average molecular weight is 641 g/mol. The molecule has 4 rings (SSSR count). The normalized spacial score (nSPS) is 10.5. The highest BCUT2D eigenvalue weighted by atomic mass is 35.5. The van der Waals surface area contributed by atoms with Crippen LogP contribution in [0.4, 0.5) is 4.39 Å². The van der Waals surface area contributed by atoms with E-state index in [9.17, 15) is 24.8 Å². The summed E-state index contributed by atoms with van der Waals surface area (Å²) in [5.41, 5.74) is 4.80. The minimum Gasteiger partial charge on any atom is -0.508 e. The maximum atomic E-state index is 12.5. The molecule has 0 aromatic heterocycles. The van der Waals surface area contributed by atoms with Gasteiger partial charge in [0, 0.05) is 17.2 Å². The molecule has 4 N–H and O–H groups in total. The van der Waals surface area contributed by atoms with E-state index in [1.807, 2.05) is 78.8 Å². The fourth-order valence-corrected chi connectivity index (χ4v) is 4.46. The van der Waals surface area contributed by atoms with Gasteiger partial charge in [-0.05, 0) is 88.7 Å². The van der Waals surface area contributed by atoms with E-state index in [4.69, 9.17) is 16.3 Å². The molecule has 4 aromatic carbocycles. The summed E-state index contributed by atoms with van der Waals surface area (Å²) in [4.78, 5) is 0. The lowest BCUT2D eigenvalue weighted by atomic mass is 10.0. The molecule has 0 spiro atoms. The van der Waals surface area contributed by atoms with E-state index in [0.717, 1.165) is 33.9 Å². The summed E-state index contributed by atoms with van der Waals surface area (Å²) in [6.45, 7) is 18.2. The molecule has 0 aliphatic heterocycles. The molecule has 0 saturated carbocycles.